The van der Waals surface area contributed by atoms with Crippen molar-refractivity contribution in [2.24, 2.45) is 17.1 Å². The number of carbonyl (C=O) groups is 2. The van der Waals surface area contributed by atoms with Gasteiger partial charge in [0.05, 0.1) is 17.6 Å². The molecule has 222 valence electrons. The number of benzene rings is 2. The van der Waals surface area contributed by atoms with E-state index < -0.39 is 41.1 Å². The molecule has 6 nitrogen and oxygen atoms in total. The molecule has 0 aromatic heterocycles. The summed E-state index contributed by atoms with van der Waals surface area (Å²) in [6.07, 6.45) is -0.918. The maximum atomic E-state index is 15.1. The number of hydrogen-bond acceptors (Lipinski definition) is 4. The van der Waals surface area contributed by atoms with E-state index in [1.807, 2.05) is 4.90 Å². The van der Waals surface area contributed by atoms with Crippen molar-refractivity contribution in [1.82, 2.24) is 9.80 Å². The molecule has 2 saturated heterocycles. The average molecular weight is 580 g/mol. The molecule has 1 saturated carbocycles. The van der Waals surface area contributed by atoms with Gasteiger partial charge in [0.15, 0.2) is 11.6 Å². The number of likely N-dealkylation sites (tertiary alicyclic amines) is 2. The van der Waals surface area contributed by atoms with Crippen molar-refractivity contribution in [1.29, 1.82) is 0 Å². The third kappa shape index (κ3) is 5.91. The van der Waals surface area contributed by atoms with Gasteiger partial charge in [-0.1, -0.05) is 24.6 Å². The van der Waals surface area contributed by atoms with E-state index in [2.05, 4.69) is 0 Å². The van der Waals surface area contributed by atoms with Crippen LogP contribution in [0.4, 0.5) is 22.0 Å². The van der Waals surface area contributed by atoms with E-state index in [1.165, 1.54) is 35.2 Å². The minimum atomic E-state index is -4.19. The maximum Gasteiger partial charge on any atom is 0.395 e. The standard InChI is InChI=1S/C30H34F5N3O3/c31-22-5-1-4-21(26(22)28(40)38-13-2-6-24(38)27(36)39)20-7-8-25(23(32)16-20)41-17-19-9-14-37(15-10-19)18-29(11-3-12-29)30(33,34)35/h1,4-5,7-8,16,19,24H,2-3,6,9-15,17-18H2,(H2,36,39)/t24-/m0/s1. The number of rotatable bonds is 8. The zero-order valence-electron chi connectivity index (χ0n) is 22.7. The van der Waals surface area contributed by atoms with Crippen LogP contribution < -0.4 is 10.5 Å². The summed E-state index contributed by atoms with van der Waals surface area (Å²) < 4.78 is 76.4. The van der Waals surface area contributed by atoms with Gasteiger partial charge in [-0.15, -0.1) is 0 Å². The van der Waals surface area contributed by atoms with Gasteiger partial charge in [-0.05, 0) is 86.9 Å². The van der Waals surface area contributed by atoms with Gasteiger partial charge in [0, 0.05) is 13.1 Å². The molecule has 2 aromatic rings. The first-order valence-electron chi connectivity index (χ1n) is 14.1. The highest BCUT2D eigenvalue weighted by Gasteiger charge is 2.58. The second-order valence-corrected chi connectivity index (χ2v) is 11.5. The lowest BCUT2D eigenvalue weighted by Crippen LogP contribution is -2.53. The molecule has 1 aliphatic carbocycles. The van der Waals surface area contributed by atoms with Crippen LogP contribution in [-0.4, -0.2) is 66.6 Å². The first-order valence-corrected chi connectivity index (χ1v) is 14.1. The Morgan fingerprint density at radius 1 is 0.976 bits per heavy atom. The third-order valence-corrected chi connectivity index (χ3v) is 8.93. The summed E-state index contributed by atoms with van der Waals surface area (Å²) in [6.45, 7) is 1.60. The Morgan fingerprint density at radius 3 is 2.32 bits per heavy atom. The van der Waals surface area contributed by atoms with Crippen LogP contribution in [0.25, 0.3) is 11.1 Å². The van der Waals surface area contributed by atoms with Gasteiger partial charge in [0.1, 0.15) is 11.9 Å². The molecule has 41 heavy (non-hydrogen) atoms. The predicted molar refractivity (Wildman–Crippen MR) is 142 cm³/mol. The number of ether oxygens (including phenoxy) is 1. The SMILES string of the molecule is NC(=O)[C@@H]1CCCN1C(=O)c1c(F)cccc1-c1ccc(OCC2CCN(CC3(C(F)(F)F)CCC3)CC2)c(F)c1. The van der Waals surface area contributed by atoms with Crippen LogP contribution in [0.3, 0.4) is 0 Å². The van der Waals surface area contributed by atoms with Crippen molar-refractivity contribution in [3.05, 3.63) is 53.6 Å². The molecule has 2 amide bonds. The van der Waals surface area contributed by atoms with Gasteiger partial charge in [0.2, 0.25) is 5.91 Å². The number of nitrogens with two attached hydrogens (primary N) is 1. The van der Waals surface area contributed by atoms with E-state index in [4.69, 9.17) is 10.5 Å². The Balaban J connectivity index is 1.22. The smallest absolute Gasteiger partial charge is 0.395 e. The van der Waals surface area contributed by atoms with Crippen LogP contribution >= 0.6 is 0 Å². The summed E-state index contributed by atoms with van der Waals surface area (Å²) in [5.74, 6) is -2.72. The Labute approximate surface area is 235 Å². The number of primary amides is 1. The van der Waals surface area contributed by atoms with Crippen LogP contribution in [0.15, 0.2) is 36.4 Å². The zero-order valence-corrected chi connectivity index (χ0v) is 22.7. The fourth-order valence-electron chi connectivity index (χ4n) is 6.30. The van der Waals surface area contributed by atoms with Gasteiger partial charge in [-0.25, -0.2) is 8.78 Å². The summed E-state index contributed by atoms with van der Waals surface area (Å²) in [7, 11) is 0. The largest absolute Gasteiger partial charge is 0.490 e. The monoisotopic (exact) mass is 579 g/mol. The summed E-state index contributed by atoms with van der Waals surface area (Å²) in [4.78, 5) is 28.2. The average Bonchev–Trinajstić information content (AvgIpc) is 3.40. The molecule has 3 fully saturated rings. The maximum absolute atomic E-state index is 15.1. The van der Waals surface area contributed by atoms with E-state index in [0.29, 0.717) is 45.2 Å². The van der Waals surface area contributed by atoms with Crippen LogP contribution in [-0.2, 0) is 4.79 Å². The number of nitrogens with zero attached hydrogens (tertiary/aromatic N) is 2. The lowest BCUT2D eigenvalue weighted by atomic mass is 9.67. The van der Waals surface area contributed by atoms with Crippen LogP contribution in [0.1, 0.15) is 55.3 Å². The molecular weight excluding hydrogens is 545 g/mol. The molecule has 0 spiro atoms. The van der Waals surface area contributed by atoms with Crippen LogP contribution in [0.5, 0.6) is 5.75 Å². The molecule has 2 heterocycles. The molecule has 11 heteroatoms. The highest BCUT2D eigenvalue weighted by Crippen LogP contribution is 2.53. The normalized spacial score (nSPS) is 21.5. The van der Waals surface area contributed by atoms with Crippen molar-refractivity contribution >= 4 is 11.8 Å². The molecule has 0 radical (unpaired) electrons. The van der Waals surface area contributed by atoms with E-state index in [-0.39, 0.29) is 60.9 Å². The Kier molecular flexibility index (Phi) is 8.27. The van der Waals surface area contributed by atoms with Crippen molar-refractivity contribution < 1.29 is 36.3 Å². The van der Waals surface area contributed by atoms with Crippen molar-refractivity contribution in [3.8, 4) is 16.9 Å². The first kappa shape index (κ1) is 29.3. The number of carbonyl (C=O) groups excluding carboxylic acids is 2. The van der Waals surface area contributed by atoms with Gasteiger partial charge in [-0.3, -0.25) is 9.59 Å². The number of amides is 2. The van der Waals surface area contributed by atoms with Crippen molar-refractivity contribution in [3.63, 3.8) is 0 Å². The zero-order chi connectivity index (χ0) is 29.4. The molecule has 3 aliphatic rings. The highest BCUT2D eigenvalue weighted by molar-refractivity contribution is 6.03. The summed E-state index contributed by atoms with van der Waals surface area (Å²) >= 11 is 0. The number of piperidine rings is 1. The summed E-state index contributed by atoms with van der Waals surface area (Å²) in [6, 6.07) is 7.39. The third-order valence-electron chi connectivity index (χ3n) is 8.93. The van der Waals surface area contributed by atoms with Crippen LogP contribution in [0.2, 0.25) is 0 Å². The Hall–Kier alpha value is -3.21. The molecule has 2 N–H and O–H groups in total. The molecule has 5 rings (SSSR count). The second kappa shape index (κ2) is 11.6. The lowest BCUT2D eigenvalue weighted by Gasteiger charge is -2.47. The quantitative estimate of drug-likeness (QED) is 0.417. The summed E-state index contributed by atoms with van der Waals surface area (Å²) in [5.41, 5.74) is 4.06. The topological polar surface area (TPSA) is 75.9 Å². The minimum absolute atomic E-state index is 0.000660. The lowest BCUT2D eigenvalue weighted by molar-refractivity contribution is -0.256. The van der Waals surface area contributed by atoms with Gasteiger partial charge in [0.25, 0.3) is 5.91 Å². The predicted octanol–water partition coefficient (Wildman–Crippen LogP) is 5.55. The molecular formula is C30H34F5N3O3. The van der Waals surface area contributed by atoms with E-state index >= 15 is 4.39 Å². The summed E-state index contributed by atoms with van der Waals surface area (Å²) in [5, 5.41) is 0. The molecule has 2 aliphatic heterocycles. The van der Waals surface area contributed by atoms with Gasteiger partial charge in [-0.2, -0.15) is 13.2 Å². The number of hydrogen-bond donors (Lipinski definition) is 1. The molecule has 2 aromatic carbocycles. The fourth-order valence-corrected chi connectivity index (χ4v) is 6.30. The molecule has 0 unspecified atom stereocenters. The van der Waals surface area contributed by atoms with E-state index in [1.54, 1.807) is 0 Å². The Bertz CT molecular complexity index is 1290. The van der Waals surface area contributed by atoms with Crippen molar-refractivity contribution in [2.45, 2.75) is 57.2 Å². The van der Waals surface area contributed by atoms with Crippen LogP contribution in [0, 0.1) is 23.0 Å². The first-order chi connectivity index (χ1) is 19.5. The van der Waals surface area contributed by atoms with E-state index in [0.717, 1.165) is 6.07 Å². The van der Waals surface area contributed by atoms with Crippen molar-refractivity contribution in [2.75, 3.05) is 32.8 Å². The van der Waals surface area contributed by atoms with Gasteiger partial charge >= 0.3 is 6.18 Å². The number of alkyl halides is 3. The van der Waals surface area contributed by atoms with E-state index in [9.17, 15) is 27.2 Å². The molecule has 1 atom stereocenters. The Morgan fingerprint density at radius 2 is 1.71 bits per heavy atom. The molecule has 0 bridgehead atoms. The number of halogens is 5. The highest BCUT2D eigenvalue weighted by atomic mass is 19.4. The minimum Gasteiger partial charge on any atom is -0.490 e. The fraction of sp³-hybridized carbons (Fsp3) is 0.533. The van der Waals surface area contributed by atoms with Gasteiger partial charge < -0.3 is 20.3 Å². The second-order valence-electron chi connectivity index (χ2n) is 11.5.